The lowest BCUT2D eigenvalue weighted by atomic mass is 9.84. The molecule has 0 radical (unpaired) electrons. The Hall–Kier alpha value is -1.51. The number of amides is 1. The van der Waals surface area contributed by atoms with E-state index in [1.54, 1.807) is 0 Å². The van der Waals surface area contributed by atoms with Gasteiger partial charge in [-0.2, -0.15) is 0 Å². The van der Waals surface area contributed by atoms with Crippen molar-refractivity contribution in [1.82, 2.24) is 4.90 Å². The van der Waals surface area contributed by atoms with Crippen LogP contribution in [0, 0.1) is 12.8 Å². The van der Waals surface area contributed by atoms with E-state index in [0.29, 0.717) is 17.3 Å². The number of hydrogen-bond acceptors (Lipinski definition) is 2. The van der Waals surface area contributed by atoms with E-state index in [1.165, 1.54) is 19.3 Å². The first kappa shape index (κ1) is 14.9. The van der Waals surface area contributed by atoms with E-state index in [9.17, 15) is 4.79 Å². The van der Waals surface area contributed by atoms with E-state index in [1.807, 2.05) is 37.1 Å². The van der Waals surface area contributed by atoms with Crippen LogP contribution in [-0.2, 0) is 0 Å². The van der Waals surface area contributed by atoms with E-state index >= 15 is 0 Å². The molecule has 2 rings (SSSR count). The minimum Gasteiger partial charge on any atom is -0.398 e. The van der Waals surface area contributed by atoms with Gasteiger partial charge in [-0.05, 0) is 50.2 Å². The van der Waals surface area contributed by atoms with Crippen LogP contribution >= 0.6 is 0 Å². The number of rotatable bonds is 3. The molecule has 0 heterocycles. The Labute approximate surface area is 122 Å². The topological polar surface area (TPSA) is 46.3 Å². The summed E-state index contributed by atoms with van der Waals surface area (Å²) in [6, 6.07) is 6.02. The van der Waals surface area contributed by atoms with Crippen molar-refractivity contribution in [1.29, 1.82) is 0 Å². The maximum atomic E-state index is 12.7. The third-order valence-electron chi connectivity index (χ3n) is 4.78. The second kappa shape index (κ2) is 6.29. The molecule has 1 aromatic carbocycles. The summed E-state index contributed by atoms with van der Waals surface area (Å²) in [5.74, 6) is 0.916. The van der Waals surface area contributed by atoms with E-state index in [0.717, 1.165) is 24.3 Å². The summed E-state index contributed by atoms with van der Waals surface area (Å²) in [6.07, 6.45) is 5.97. The predicted molar refractivity (Wildman–Crippen MR) is 83.7 cm³/mol. The van der Waals surface area contributed by atoms with Crippen molar-refractivity contribution in [2.45, 2.75) is 52.0 Å². The van der Waals surface area contributed by atoms with Gasteiger partial charge in [-0.15, -0.1) is 0 Å². The van der Waals surface area contributed by atoms with Crippen molar-refractivity contribution in [2.24, 2.45) is 5.92 Å². The Morgan fingerprint density at radius 2 is 1.95 bits per heavy atom. The first-order valence-electron chi connectivity index (χ1n) is 7.66. The molecule has 3 nitrogen and oxygen atoms in total. The molecule has 0 saturated heterocycles. The third-order valence-corrected chi connectivity index (χ3v) is 4.78. The van der Waals surface area contributed by atoms with E-state index in [4.69, 9.17) is 5.73 Å². The van der Waals surface area contributed by atoms with Gasteiger partial charge in [0.15, 0.2) is 0 Å². The molecule has 1 aliphatic carbocycles. The Bertz CT molecular complexity index is 456. The Kier molecular flexibility index (Phi) is 4.69. The molecule has 1 amide bonds. The maximum absolute atomic E-state index is 12.7. The summed E-state index contributed by atoms with van der Waals surface area (Å²) < 4.78 is 0. The van der Waals surface area contributed by atoms with Crippen LogP contribution in [-0.4, -0.2) is 23.9 Å². The first-order chi connectivity index (χ1) is 9.54. The number of carbonyl (C=O) groups is 1. The molecule has 0 atom stereocenters. The minimum absolute atomic E-state index is 0.0700. The summed E-state index contributed by atoms with van der Waals surface area (Å²) in [7, 11) is 1.92. The molecule has 1 saturated carbocycles. The quantitative estimate of drug-likeness (QED) is 0.856. The second-order valence-electron chi connectivity index (χ2n) is 6.04. The van der Waals surface area contributed by atoms with Gasteiger partial charge in [0.2, 0.25) is 0 Å². The largest absolute Gasteiger partial charge is 0.398 e. The molecule has 1 aliphatic rings. The number of nitrogen functional groups attached to an aromatic ring is 1. The highest BCUT2D eigenvalue weighted by Crippen LogP contribution is 2.30. The van der Waals surface area contributed by atoms with Gasteiger partial charge in [0.05, 0.1) is 5.56 Å². The molecule has 110 valence electrons. The summed E-state index contributed by atoms with van der Waals surface area (Å²) in [5.41, 5.74) is 8.21. The zero-order valence-corrected chi connectivity index (χ0v) is 12.9. The van der Waals surface area contributed by atoms with Gasteiger partial charge in [0.1, 0.15) is 0 Å². The monoisotopic (exact) mass is 274 g/mol. The van der Waals surface area contributed by atoms with Crippen molar-refractivity contribution in [2.75, 3.05) is 12.8 Å². The molecule has 0 spiro atoms. The molecule has 0 aliphatic heterocycles. The highest BCUT2D eigenvalue weighted by molar-refractivity contribution is 6.00. The Balaban J connectivity index is 2.10. The highest BCUT2D eigenvalue weighted by atomic mass is 16.2. The molecule has 2 N–H and O–H groups in total. The first-order valence-corrected chi connectivity index (χ1v) is 7.66. The van der Waals surface area contributed by atoms with E-state index in [2.05, 4.69) is 6.92 Å². The molecule has 3 heteroatoms. The zero-order valence-electron chi connectivity index (χ0n) is 12.9. The second-order valence-corrected chi connectivity index (χ2v) is 6.04. The average molecular weight is 274 g/mol. The zero-order chi connectivity index (χ0) is 14.7. The maximum Gasteiger partial charge on any atom is 0.256 e. The fraction of sp³-hybridized carbons (Fsp3) is 0.588. The number of aryl methyl sites for hydroxylation is 1. The van der Waals surface area contributed by atoms with Gasteiger partial charge >= 0.3 is 0 Å². The number of hydrogen-bond donors (Lipinski definition) is 1. The van der Waals surface area contributed by atoms with Gasteiger partial charge in [0, 0.05) is 18.8 Å². The van der Waals surface area contributed by atoms with Gasteiger partial charge in [0.25, 0.3) is 5.91 Å². The molecular weight excluding hydrogens is 248 g/mol. The third kappa shape index (κ3) is 2.97. The SMILES string of the molecule is CCC1CCC(N(C)C(=O)c2c(C)cccc2N)CC1. The van der Waals surface area contributed by atoms with Crippen LogP contribution in [0.2, 0.25) is 0 Å². The molecule has 1 fully saturated rings. The lowest BCUT2D eigenvalue weighted by molar-refractivity contribution is 0.0675. The fourth-order valence-corrected chi connectivity index (χ4v) is 3.27. The average Bonchev–Trinajstić information content (AvgIpc) is 2.46. The van der Waals surface area contributed by atoms with Crippen LogP contribution in [0.5, 0.6) is 0 Å². The van der Waals surface area contributed by atoms with Crippen LogP contribution in [0.1, 0.15) is 54.9 Å². The summed E-state index contributed by atoms with van der Waals surface area (Å²) in [5, 5.41) is 0. The summed E-state index contributed by atoms with van der Waals surface area (Å²) in [6.45, 7) is 4.21. The smallest absolute Gasteiger partial charge is 0.256 e. The Morgan fingerprint density at radius 1 is 1.30 bits per heavy atom. The number of carbonyl (C=O) groups excluding carboxylic acids is 1. The lowest BCUT2D eigenvalue weighted by Crippen LogP contribution is -2.40. The van der Waals surface area contributed by atoms with Crippen molar-refractivity contribution in [3.05, 3.63) is 29.3 Å². The van der Waals surface area contributed by atoms with Gasteiger partial charge in [-0.25, -0.2) is 0 Å². The molecule has 0 aromatic heterocycles. The van der Waals surface area contributed by atoms with Crippen molar-refractivity contribution in [3.8, 4) is 0 Å². The van der Waals surface area contributed by atoms with Gasteiger partial charge in [-0.3, -0.25) is 4.79 Å². The number of nitrogens with two attached hydrogens (primary N) is 1. The summed E-state index contributed by atoms with van der Waals surface area (Å²) >= 11 is 0. The van der Waals surface area contributed by atoms with Crippen molar-refractivity contribution in [3.63, 3.8) is 0 Å². The normalized spacial score (nSPS) is 22.6. The molecule has 20 heavy (non-hydrogen) atoms. The summed E-state index contributed by atoms with van der Waals surface area (Å²) in [4.78, 5) is 14.6. The van der Waals surface area contributed by atoms with E-state index < -0.39 is 0 Å². The van der Waals surface area contributed by atoms with Crippen LogP contribution in [0.25, 0.3) is 0 Å². The van der Waals surface area contributed by atoms with Crippen molar-refractivity contribution < 1.29 is 4.79 Å². The van der Waals surface area contributed by atoms with E-state index in [-0.39, 0.29) is 5.91 Å². The highest BCUT2D eigenvalue weighted by Gasteiger charge is 2.27. The molecular formula is C17H26N2O. The van der Waals surface area contributed by atoms with Crippen molar-refractivity contribution >= 4 is 11.6 Å². The van der Waals surface area contributed by atoms with Gasteiger partial charge < -0.3 is 10.6 Å². The Morgan fingerprint density at radius 3 is 2.50 bits per heavy atom. The molecule has 0 bridgehead atoms. The standard InChI is InChI=1S/C17H26N2O/c1-4-13-8-10-14(11-9-13)19(3)17(20)16-12(2)6-5-7-15(16)18/h5-7,13-14H,4,8-11,18H2,1-3H3. The number of anilines is 1. The van der Waals surface area contributed by atoms with Gasteiger partial charge in [-0.1, -0.05) is 25.5 Å². The van der Waals surface area contributed by atoms with Crippen LogP contribution in [0.15, 0.2) is 18.2 Å². The lowest BCUT2D eigenvalue weighted by Gasteiger charge is -2.35. The van der Waals surface area contributed by atoms with Crippen LogP contribution in [0.4, 0.5) is 5.69 Å². The number of nitrogens with zero attached hydrogens (tertiary/aromatic N) is 1. The predicted octanol–water partition coefficient (Wildman–Crippen LogP) is 3.62. The fourth-order valence-electron chi connectivity index (χ4n) is 3.27. The molecule has 0 unspecified atom stereocenters. The molecule has 1 aromatic rings. The minimum atomic E-state index is 0.0700. The number of benzene rings is 1. The van der Waals surface area contributed by atoms with Crippen LogP contribution in [0.3, 0.4) is 0 Å². The van der Waals surface area contributed by atoms with Crippen LogP contribution < -0.4 is 5.73 Å².